The molecule has 3 nitrogen and oxygen atoms in total. The number of rotatable bonds is 6. The SMILES string of the molecule is CCOC(=O)C(Br)c1ccc(CC2CC2)cc1OC. The lowest BCUT2D eigenvalue weighted by atomic mass is 10.0. The van der Waals surface area contributed by atoms with Crippen molar-refractivity contribution in [1.82, 2.24) is 0 Å². The Hall–Kier alpha value is -1.03. The number of carbonyl (C=O) groups excluding carboxylic acids is 1. The zero-order valence-electron chi connectivity index (χ0n) is 11.3. The third kappa shape index (κ3) is 3.72. The van der Waals surface area contributed by atoms with Crippen molar-refractivity contribution in [3.63, 3.8) is 0 Å². The fourth-order valence-corrected chi connectivity index (χ4v) is 2.60. The van der Waals surface area contributed by atoms with E-state index in [2.05, 4.69) is 22.0 Å². The minimum atomic E-state index is -0.475. The molecule has 1 atom stereocenters. The maximum Gasteiger partial charge on any atom is 0.324 e. The van der Waals surface area contributed by atoms with Crippen LogP contribution in [-0.4, -0.2) is 19.7 Å². The average Bonchev–Trinajstić information content (AvgIpc) is 3.22. The van der Waals surface area contributed by atoms with Crippen molar-refractivity contribution in [2.45, 2.75) is 31.0 Å². The molecule has 1 unspecified atom stereocenters. The first-order valence-electron chi connectivity index (χ1n) is 6.63. The average molecular weight is 327 g/mol. The number of hydrogen-bond acceptors (Lipinski definition) is 3. The van der Waals surface area contributed by atoms with E-state index < -0.39 is 4.83 Å². The van der Waals surface area contributed by atoms with Gasteiger partial charge in [0.05, 0.1) is 13.7 Å². The highest BCUT2D eigenvalue weighted by Gasteiger charge is 2.24. The molecule has 2 rings (SSSR count). The number of halogens is 1. The number of methoxy groups -OCH3 is 1. The zero-order valence-corrected chi connectivity index (χ0v) is 12.9. The Labute approximate surface area is 122 Å². The largest absolute Gasteiger partial charge is 0.496 e. The fraction of sp³-hybridized carbons (Fsp3) is 0.533. The molecule has 0 aromatic heterocycles. The van der Waals surface area contributed by atoms with Crippen molar-refractivity contribution in [2.75, 3.05) is 13.7 Å². The molecule has 0 aliphatic heterocycles. The highest BCUT2D eigenvalue weighted by molar-refractivity contribution is 9.09. The quantitative estimate of drug-likeness (QED) is 0.591. The first kappa shape index (κ1) is 14.4. The van der Waals surface area contributed by atoms with E-state index in [9.17, 15) is 4.79 Å². The highest BCUT2D eigenvalue weighted by atomic mass is 79.9. The number of carbonyl (C=O) groups is 1. The lowest BCUT2D eigenvalue weighted by Gasteiger charge is -2.14. The van der Waals surface area contributed by atoms with Crippen LogP contribution >= 0.6 is 15.9 Å². The Morgan fingerprint density at radius 1 is 1.47 bits per heavy atom. The summed E-state index contributed by atoms with van der Waals surface area (Å²) >= 11 is 3.38. The Balaban J connectivity index is 2.16. The van der Waals surface area contributed by atoms with E-state index in [1.54, 1.807) is 14.0 Å². The van der Waals surface area contributed by atoms with Crippen LogP contribution in [0.15, 0.2) is 18.2 Å². The molecule has 1 aromatic rings. The lowest BCUT2D eigenvalue weighted by molar-refractivity contribution is -0.142. The normalized spacial score (nSPS) is 15.9. The van der Waals surface area contributed by atoms with Gasteiger partial charge in [0.25, 0.3) is 0 Å². The number of benzene rings is 1. The second-order valence-electron chi connectivity index (χ2n) is 4.84. The molecule has 1 aliphatic rings. The van der Waals surface area contributed by atoms with E-state index in [4.69, 9.17) is 9.47 Å². The summed E-state index contributed by atoms with van der Waals surface area (Å²) in [5, 5.41) is 0. The van der Waals surface area contributed by atoms with Crippen molar-refractivity contribution in [3.8, 4) is 5.75 Å². The highest BCUT2D eigenvalue weighted by Crippen LogP contribution is 2.36. The van der Waals surface area contributed by atoms with Crippen molar-refractivity contribution in [1.29, 1.82) is 0 Å². The van der Waals surface area contributed by atoms with Gasteiger partial charge in [-0.15, -0.1) is 0 Å². The molecular weight excluding hydrogens is 308 g/mol. The minimum absolute atomic E-state index is 0.282. The predicted octanol–water partition coefficient (Wildman–Crippen LogP) is 3.65. The van der Waals surface area contributed by atoms with Crippen molar-refractivity contribution < 1.29 is 14.3 Å². The first-order chi connectivity index (χ1) is 9.15. The van der Waals surface area contributed by atoms with E-state index in [1.165, 1.54) is 18.4 Å². The van der Waals surface area contributed by atoms with Gasteiger partial charge in [0.2, 0.25) is 0 Å². The topological polar surface area (TPSA) is 35.5 Å². The van der Waals surface area contributed by atoms with Gasteiger partial charge < -0.3 is 9.47 Å². The van der Waals surface area contributed by atoms with Crippen LogP contribution in [0.4, 0.5) is 0 Å². The predicted molar refractivity (Wildman–Crippen MR) is 77.7 cm³/mol. The van der Waals surface area contributed by atoms with Gasteiger partial charge in [-0.05, 0) is 43.7 Å². The molecule has 1 fully saturated rings. The van der Waals surface area contributed by atoms with Crippen LogP contribution in [0.1, 0.15) is 35.7 Å². The molecule has 0 heterocycles. The summed E-state index contributed by atoms with van der Waals surface area (Å²) < 4.78 is 10.4. The molecule has 4 heteroatoms. The van der Waals surface area contributed by atoms with E-state index in [0.29, 0.717) is 6.61 Å². The van der Waals surface area contributed by atoms with E-state index in [-0.39, 0.29) is 5.97 Å². The lowest BCUT2D eigenvalue weighted by Crippen LogP contribution is -2.11. The van der Waals surface area contributed by atoms with Crippen LogP contribution < -0.4 is 4.74 Å². The fourth-order valence-electron chi connectivity index (χ4n) is 2.09. The maximum absolute atomic E-state index is 11.8. The van der Waals surface area contributed by atoms with E-state index >= 15 is 0 Å². The standard InChI is InChI=1S/C15H19BrO3/c1-3-19-15(17)14(16)12-7-6-11(8-10-4-5-10)9-13(12)18-2/h6-7,9-10,14H,3-5,8H2,1-2H3. The first-order valence-corrected chi connectivity index (χ1v) is 7.54. The smallest absolute Gasteiger partial charge is 0.324 e. The Morgan fingerprint density at radius 2 is 2.21 bits per heavy atom. The number of ether oxygens (including phenoxy) is 2. The summed E-state index contributed by atoms with van der Waals surface area (Å²) in [6.45, 7) is 2.18. The summed E-state index contributed by atoms with van der Waals surface area (Å²) in [6.07, 6.45) is 3.75. The Bertz CT molecular complexity index is 455. The molecule has 0 amide bonds. The maximum atomic E-state index is 11.8. The van der Waals surface area contributed by atoms with Crippen molar-refractivity contribution in [3.05, 3.63) is 29.3 Å². The van der Waals surface area contributed by atoms with Gasteiger partial charge in [0.15, 0.2) is 0 Å². The van der Waals surface area contributed by atoms with E-state index in [0.717, 1.165) is 23.7 Å². The molecule has 0 bridgehead atoms. The molecule has 19 heavy (non-hydrogen) atoms. The van der Waals surface area contributed by atoms with Gasteiger partial charge in [-0.2, -0.15) is 0 Å². The van der Waals surface area contributed by atoms with Gasteiger partial charge in [0, 0.05) is 5.56 Å². The molecule has 1 aromatic carbocycles. The number of hydrogen-bond donors (Lipinski definition) is 0. The number of esters is 1. The Kier molecular flexibility index (Phi) is 4.86. The van der Waals surface area contributed by atoms with Crippen LogP contribution in [0.2, 0.25) is 0 Å². The molecule has 1 saturated carbocycles. The summed E-state index contributed by atoms with van der Waals surface area (Å²) in [4.78, 5) is 11.3. The summed E-state index contributed by atoms with van der Waals surface area (Å²) in [5.41, 5.74) is 2.09. The van der Waals surface area contributed by atoms with Crippen LogP contribution in [0.5, 0.6) is 5.75 Å². The Morgan fingerprint density at radius 3 is 2.79 bits per heavy atom. The zero-order chi connectivity index (χ0) is 13.8. The third-order valence-corrected chi connectivity index (χ3v) is 4.15. The molecule has 1 aliphatic carbocycles. The van der Waals surface area contributed by atoms with Gasteiger partial charge in [0.1, 0.15) is 10.6 Å². The molecule has 0 N–H and O–H groups in total. The van der Waals surface area contributed by atoms with Crippen LogP contribution in [-0.2, 0) is 16.0 Å². The minimum Gasteiger partial charge on any atom is -0.496 e. The second kappa shape index (κ2) is 6.42. The molecule has 104 valence electrons. The number of alkyl halides is 1. The molecule has 0 spiro atoms. The third-order valence-electron chi connectivity index (χ3n) is 3.29. The summed E-state index contributed by atoms with van der Waals surface area (Å²) in [5.74, 6) is 1.30. The van der Waals surface area contributed by atoms with Gasteiger partial charge in [-0.3, -0.25) is 4.79 Å². The van der Waals surface area contributed by atoms with Crippen molar-refractivity contribution >= 4 is 21.9 Å². The monoisotopic (exact) mass is 326 g/mol. The second-order valence-corrected chi connectivity index (χ2v) is 5.75. The molecule has 0 radical (unpaired) electrons. The van der Waals surface area contributed by atoms with Crippen LogP contribution in [0.25, 0.3) is 0 Å². The van der Waals surface area contributed by atoms with Crippen LogP contribution in [0.3, 0.4) is 0 Å². The van der Waals surface area contributed by atoms with Gasteiger partial charge >= 0.3 is 5.97 Å². The van der Waals surface area contributed by atoms with Gasteiger partial charge in [-0.25, -0.2) is 0 Å². The van der Waals surface area contributed by atoms with E-state index in [1.807, 2.05) is 12.1 Å². The summed E-state index contributed by atoms with van der Waals surface area (Å²) in [7, 11) is 1.63. The molecule has 0 saturated heterocycles. The summed E-state index contributed by atoms with van der Waals surface area (Å²) in [6, 6.07) is 6.05. The van der Waals surface area contributed by atoms with Gasteiger partial charge in [-0.1, -0.05) is 28.1 Å². The van der Waals surface area contributed by atoms with Crippen molar-refractivity contribution in [2.24, 2.45) is 5.92 Å². The molecular formula is C15H19BrO3. The van der Waals surface area contributed by atoms with Crippen LogP contribution in [0, 0.1) is 5.92 Å².